The molecule has 2 rings (SSSR count). The van der Waals surface area contributed by atoms with Gasteiger partial charge in [0.2, 0.25) is 5.91 Å². The Morgan fingerprint density at radius 3 is 2.14 bits per heavy atom. The smallest absolute Gasteiger partial charge is 0.261 e. The Bertz CT molecular complexity index is 992. The number of amides is 1. The molecular weight excluding hydrogens is 394 g/mol. The number of rotatable bonds is 4. The molecule has 0 unspecified atom stereocenters. The summed E-state index contributed by atoms with van der Waals surface area (Å²) in [5.74, 6) is -0.207. The van der Waals surface area contributed by atoms with E-state index >= 15 is 0 Å². The second-order valence-electron chi connectivity index (χ2n) is 7.61. The molecule has 150 valence electrons. The van der Waals surface area contributed by atoms with Crippen molar-refractivity contribution in [3.63, 3.8) is 0 Å². The van der Waals surface area contributed by atoms with E-state index in [1.54, 1.807) is 39.0 Å². The molecule has 0 saturated carbocycles. The number of benzene rings is 2. The average molecular weight is 420 g/mol. The zero-order valence-corrected chi connectivity index (χ0v) is 18.2. The Hall–Kier alpha value is -2.45. The van der Waals surface area contributed by atoms with Crippen LogP contribution in [0.15, 0.2) is 47.4 Å². The van der Waals surface area contributed by atoms with Crippen LogP contribution in [0.1, 0.15) is 31.9 Å². The highest BCUT2D eigenvalue weighted by Crippen LogP contribution is 2.22. The standard InChI is InChI=1S/C20H25N3O3S2/c1-13-6-11-17(14(2)12-13)23-28(25,26)16-9-7-15(8-10-16)21-19(27)22-18(24)20(3,4)5/h6-12,23H,1-5H3,(H2,21,22,24,27). The van der Waals surface area contributed by atoms with Crippen molar-refractivity contribution in [2.24, 2.45) is 5.41 Å². The summed E-state index contributed by atoms with van der Waals surface area (Å²) in [7, 11) is -3.71. The zero-order valence-electron chi connectivity index (χ0n) is 16.6. The van der Waals surface area contributed by atoms with Gasteiger partial charge in [0.05, 0.1) is 10.6 Å². The lowest BCUT2D eigenvalue weighted by Crippen LogP contribution is -2.41. The van der Waals surface area contributed by atoms with Gasteiger partial charge in [0.25, 0.3) is 10.0 Å². The maximum Gasteiger partial charge on any atom is 0.261 e. The lowest BCUT2D eigenvalue weighted by molar-refractivity contribution is -0.126. The van der Waals surface area contributed by atoms with Crippen LogP contribution in [0.2, 0.25) is 0 Å². The number of nitrogens with one attached hydrogen (secondary N) is 3. The Kier molecular flexibility index (Phi) is 6.46. The van der Waals surface area contributed by atoms with Crippen molar-refractivity contribution in [1.82, 2.24) is 5.32 Å². The van der Waals surface area contributed by atoms with Gasteiger partial charge in [-0.3, -0.25) is 9.52 Å². The number of hydrogen-bond acceptors (Lipinski definition) is 4. The molecule has 0 aliphatic carbocycles. The predicted molar refractivity (Wildman–Crippen MR) is 117 cm³/mol. The predicted octanol–water partition coefficient (Wildman–Crippen LogP) is 3.96. The summed E-state index contributed by atoms with van der Waals surface area (Å²) in [5.41, 5.74) is 2.46. The van der Waals surface area contributed by atoms with Gasteiger partial charge in [0, 0.05) is 11.1 Å². The molecule has 6 nitrogen and oxygen atoms in total. The van der Waals surface area contributed by atoms with Gasteiger partial charge in [-0.05, 0) is 62.0 Å². The summed E-state index contributed by atoms with van der Waals surface area (Å²) < 4.78 is 27.8. The molecule has 2 aromatic rings. The number of aryl methyl sites for hydroxylation is 2. The number of sulfonamides is 1. The van der Waals surface area contributed by atoms with Crippen LogP contribution in [0, 0.1) is 19.3 Å². The van der Waals surface area contributed by atoms with Crippen LogP contribution in [-0.2, 0) is 14.8 Å². The first kappa shape index (κ1) is 21.8. The summed E-state index contributed by atoms with van der Waals surface area (Å²) in [6, 6.07) is 11.6. The number of hydrogen-bond donors (Lipinski definition) is 3. The van der Waals surface area contributed by atoms with Crippen LogP contribution in [0.3, 0.4) is 0 Å². The van der Waals surface area contributed by atoms with Gasteiger partial charge >= 0.3 is 0 Å². The maximum atomic E-state index is 12.6. The molecule has 1 amide bonds. The van der Waals surface area contributed by atoms with Crippen LogP contribution in [0.25, 0.3) is 0 Å². The summed E-state index contributed by atoms with van der Waals surface area (Å²) >= 11 is 5.13. The van der Waals surface area contributed by atoms with Gasteiger partial charge < -0.3 is 10.6 Å². The third-order valence-electron chi connectivity index (χ3n) is 3.96. The lowest BCUT2D eigenvalue weighted by atomic mass is 9.96. The van der Waals surface area contributed by atoms with Crippen molar-refractivity contribution in [3.05, 3.63) is 53.6 Å². The number of anilines is 2. The van der Waals surface area contributed by atoms with Crippen LogP contribution < -0.4 is 15.4 Å². The molecule has 0 aliphatic rings. The van der Waals surface area contributed by atoms with Crippen molar-refractivity contribution in [2.75, 3.05) is 10.0 Å². The van der Waals surface area contributed by atoms with E-state index in [-0.39, 0.29) is 15.9 Å². The summed E-state index contributed by atoms with van der Waals surface area (Å²) in [6.45, 7) is 9.16. The Balaban J connectivity index is 2.08. The lowest BCUT2D eigenvalue weighted by Gasteiger charge is -2.18. The van der Waals surface area contributed by atoms with Gasteiger partial charge in [-0.25, -0.2) is 8.42 Å². The van der Waals surface area contributed by atoms with Crippen molar-refractivity contribution in [1.29, 1.82) is 0 Å². The van der Waals surface area contributed by atoms with Gasteiger partial charge in [0.15, 0.2) is 5.11 Å². The van der Waals surface area contributed by atoms with E-state index in [0.29, 0.717) is 11.4 Å². The Morgan fingerprint density at radius 1 is 1.00 bits per heavy atom. The summed E-state index contributed by atoms with van der Waals surface area (Å²) in [5, 5.41) is 5.64. The van der Waals surface area contributed by atoms with E-state index in [1.165, 1.54) is 12.1 Å². The molecule has 0 atom stereocenters. The molecule has 0 saturated heterocycles. The Labute approximate surface area is 171 Å². The topological polar surface area (TPSA) is 87.3 Å². The molecule has 0 fully saturated rings. The molecule has 3 N–H and O–H groups in total. The number of carbonyl (C=O) groups is 1. The molecule has 0 heterocycles. The van der Waals surface area contributed by atoms with Crippen LogP contribution >= 0.6 is 12.2 Å². The third kappa shape index (κ3) is 5.77. The minimum absolute atomic E-state index is 0.127. The molecule has 0 spiro atoms. The van der Waals surface area contributed by atoms with Crippen LogP contribution in [0.4, 0.5) is 11.4 Å². The molecule has 8 heteroatoms. The number of thiocarbonyl (C=S) groups is 1. The molecule has 28 heavy (non-hydrogen) atoms. The van der Waals surface area contributed by atoms with Crippen LogP contribution in [0.5, 0.6) is 0 Å². The first-order chi connectivity index (χ1) is 12.9. The highest BCUT2D eigenvalue weighted by Gasteiger charge is 2.22. The fraction of sp³-hybridized carbons (Fsp3) is 0.300. The minimum Gasteiger partial charge on any atom is -0.332 e. The fourth-order valence-corrected chi connectivity index (χ4v) is 3.64. The highest BCUT2D eigenvalue weighted by molar-refractivity contribution is 7.92. The molecule has 0 bridgehead atoms. The third-order valence-corrected chi connectivity index (χ3v) is 5.54. The van der Waals surface area contributed by atoms with Crippen LogP contribution in [-0.4, -0.2) is 19.4 Å². The average Bonchev–Trinajstić information content (AvgIpc) is 2.57. The molecular formula is C20H25N3O3S2. The van der Waals surface area contributed by atoms with Crippen molar-refractivity contribution < 1.29 is 13.2 Å². The van der Waals surface area contributed by atoms with Crippen molar-refractivity contribution in [3.8, 4) is 0 Å². The van der Waals surface area contributed by atoms with E-state index in [2.05, 4.69) is 15.4 Å². The van der Waals surface area contributed by atoms with E-state index in [0.717, 1.165) is 11.1 Å². The first-order valence-electron chi connectivity index (χ1n) is 8.71. The SMILES string of the molecule is Cc1ccc(NS(=O)(=O)c2ccc(NC(=S)NC(=O)C(C)(C)C)cc2)c(C)c1. The van der Waals surface area contributed by atoms with E-state index < -0.39 is 15.4 Å². The molecule has 2 aromatic carbocycles. The van der Waals surface area contributed by atoms with E-state index in [1.807, 2.05) is 26.0 Å². The summed E-state index contributed by atoms with van der Waals surface area (Å²) in [4.78, 5) is 12.1. The van der Waals surface area contributed by atoms with Crippen molar-refractivity contribution >= 4 is 44.6 Å². The van der Waals surface area contributed by atoms with Crippen molar-refractivity contribution in [2.45, 2.75) is 39.5 Å². The maximum absolute atomic E-state index is 12.6. The second kappa shape index (κ2) is 8.28. The van der Waals surface area contributed by atoms with E-state index in [4.69, 9.17) is 12.2 Å². The van der Waals surface area contributed by atoms with E-state index in [9.17, 15) is 13.2 Å². The van der Waals surface area contributed by atoms with Gasteiger partial charge in [-0.15, -0.1) is 0 Å². The largest absolute Gasteiger partial charge is 0.332 e. The van der Waals surface area contributed by atoms with Gasteiger partial charge in [-0.1, -0.05) is 38.5 Å². The second-order valence-corrected chi connectivity index (χ2v) is 9.70. The quantitative estimate of drug-likeness (QED) is 0.653. The number of carbonyl (C=O) groups excluding carboxylic acids is 1. The molecule has 0 radical (unpaired) electrons. The zero-order chi connectivity index (χ0) is 21.1. The Morgan fingerprint density at radius 2 is 1.61 bits per heavy atom. The monoisotopic (exact) mass is 419 g/mol. The normalized spacial score (nSPS) is 11.6. The molecule has 0 aliphatic heterocycles. The van der Waals surface area contributed by atoms with Gasteiger partial charge in [0.1, 0.15) is 0 Å². The summed E-state index contributed by atoms with van der Waals surface area (Å²) in [6.07, 6.45) is 0. The van der Waals surface area contributed by atoms with Gasteiger partial charge in [-0.2, -0.15) is 0 Å². The minimum atomic E-state index is -3.71. The fourth-order valence-electron chi connectivity index (χ4n) is 2.30. The highest BCUT2D eigenvalue weighted by atomic mass is 32.2. The molecule has 0 aromatic heterocycles. The first-order valence-corrected chi connectivity index (χ1v) is 10.6.